The molecule has 0 bridgehead atoms. The van der Waals surface area contributed by atoms with Crippen LogP contribution >= 0.6 is 35.7 Å². The quantitative estimate of drug-likeness (QED) is 0.365. The van der Waals surface area contributed by atoms with Gasteiger partial charge in [0.05, 0.1) is 19.8 Å². The highest BCUT2D eigenvalue weighted by Crippen LogP contribution is 2.25. The van der Waals surface area contributed by atoms with Crippen LogP contribution in [0.25, 0.3) is 0 Å². The highest BCUT2D eigenvalue weighted by Gasteiger charge is 2.15. The van der Waals surface area contributed by atoms with Crippen LogP contribution in [0.1, 0.15) is 25.3 Å². The molecular weight excluding hydrogens is 459 g/mol. The highest BCUT2D eigenvalue weighted by atomic mass is 127. The molecule has 1 aromatic rings. The van der Waals surface area contributed by atoms with Crippen LogP contribution in [0, 0.1) is 0 Å². The third kappa shape index (κ3) is 6.81. The van der Waals surface area contributed by atoms with Gasteiger partial charge in [-0.2, -0.15) is 11.8 Å². The fourth-order valence-corrected chi connectivity index (χ4v) is 4.36. The van der Waals surface area contributed by atoms with E-state index in [1.165, 1.54) is 29.8 Å². The van der Waals surface area contributed by atoms with Crippen molar-refractivity contribution in [2.45, 2.75) is 31.6 Å². The van der Waals surface area contributed by atoms with E-state index >= 15 is 0 Å². The van der Waals surface area contributed by atoms with Gasteiger partial charge in [-0.3, -0.25) is 0 Å². The number of halogens is 1. The SMILES string of the molecule is CCNC(=NCc1ccc(N2CCOCC2)cc1)NCC1CCCS1.I. The number of nitrogens with zero attached hydrogens (tertiary/aromatic N) is 2. The van der Waals surface area contributed by atoms with Crippen molar-refractivity contribution in [3.8, 4) is 0 Å². The maximum atomic E-state index is 5.42. The van der Waals surface area contributed by atoms with Gasteiger partial charge in [-0.1, -0.05) is 12.1 Å². The van der Waals surface area contributed by atoms with Gasteiger partial charge in [-0.15, -0.1) is 24.0 Å². The summed E-state index contributed by atoms with van der Waals surface area (Å²) < 4.78 is 5.42. The lowest BCUT2D eigenvalue weighted by Gasteiger charge is -2.28. The smallest absolute Gasteiger partial charge is 0.191 e. The third-order valence-corrected chi connectivity index (χ3v) is 6.00. The van der Waals surface area contributed by atoms with Crippen molar-refractivity contribution < 1.29 is 4.74 Å². The Labute approximate surface area is 178 Å². The molecule has 7 heteroatoms. The summed E-state index contributed by atoms with van der Waals surface area (Å²) in [6, 6.07) is 8.77. The predicted octanol–water partition coefficient (Wildman–Crippen LogP) is 3.09. The van der Waals surface area contributed by atoms with Crippen molar-refractivity contribution in [2.24, 2.45) is 4.99 Å². The number of anilines is 1. The second-order valence-electron chi connectivity index (χ2n) is 6.48. The van der Waals surface area contributed by atoms with Crippen LogP contribution in [0.2, 0.25) is 0 Å². The molecular formula is C19H31IN4OS. The summed E-state index contributed by atoms with van der Waals surface area (Å²) >= 11 is 2.07. The molecule has 0 radical (unpaired) electrons. The van der Waals surface area contributed by atoms with E-state index in [1.54, 1.807) is 0 Å². The van der Waals surface area contributed by atoms with Gasteiger partial charge >= 0.3 is 0 Å². The van der Waals surface area contributed by atoms with Crippen molar-refractivity contribution >= 4 is 47.4 Å². The number of benzene rings is 1. The number of morpholine rings is 1. The minimum Gasteiger partial charge on any atom is -0.378 e. The van der Waals surface area contributed by atoms with Crippen LogP contribution in [0.5, 0.6) is 0 Å². The highest BCUT2D eigenvalue weighted by molar-refractivity contribution is 14.0. The molecule has 0 aromatic heterocycles. The first kappa shape index (κ1) is 21.6. The summed E-state index contributed by atoms with van der Waals surface area (Å²) in [7, 11) is 0. The first-order valence-corrected chi connectivity index (χ1v) is 10.5. The van der Waals surface area contributed by atoms with Gasteiger partial charge in [-0.05, 0) is 43.2 Å². The molecule has 2 aliphatic heterocycles. The molecule has 2 saturated heterocycles. The average molecular weight is 490 g/mol. The Morgan fingerprint density at radius 3 is 2.65 bits per heavy atom. The molecule has 0 spiro atoms. The van der Waals surface area contributed by atoms with E-state index in [9.17, 15) is 0 Å². The molecule has 0 amide bonds. The third-order valence-electron chi connectivity index (χ3n) is 4.60. The Morgan fingerprint density at radius 2 is 2.00 bits per heavy atom. The molecule has 2 N–H and O–H groups in total. The summed E-state index contributed by atoms with van der Waals surface area (Å²) in [5.41, 5.74) is 2.52. The number of aliphatic imine (C=N–C) groups is 1. The largest absolute Gasteiger partial charge is 0.378 e. The van der Waals surface area contributed by atoms with Crippen LogP contribution in [0.4, 0.5) is 5.69 Å². The summed E-state index contributed by atoms with van der Waals surface area (Å²) in [4.78, 5) is 7.11. The number of nitrogens with one attached hydrogen (secondary N) is 2. The van der Waals surface area contributed by atoms with E-state index < -0.39 is 0 Å². The topological polar surface area (TPSA) is 48.9 Å². The maximum absolute atomic E-state index is 5.42. The zero-order valence-corrected chi connectivity index (χ0v) is 18.7. The first-order valence-electron chi connectivity index (χ1n) is 9.40. The molecule has 3 rings (SSSR count). The van der Waals surface area contributed by atoms with Crippen LogP contribution in [0.3, 0.4) is 0 Å². The molecule has 2 heterocycles. The fourth-order valence-electron chi connectivity index (χ4n) is 3.16. The van der Waals surface area contributed by atoms with E-state index in [1.807, 2.05) is 0 Å². The van der Waals surface area contributed by atoms with Gasteiger partial charge < -0.3 is 20.3 Å². The zero-order chi connectivity index (χ0) is 17.3. The summed E-state index contributed by atoms with van der Waals surface area (Å²) in [5, 5.41) is 7.57. The summed E-state index contributed by atoms with van der Waals surface area (Å²) in [6.07, 6.45) is 2.67. The van der Waals surface area contributed by atoms with Gasteiger partial charge in [0.2, 0.25) is 0 Å². The van der Waals surface area contributed by atoms with E-state index in [4.69, 9.17) is 9.73 Å². The van der Waals surface area contributed by atoms with Crippen molar-refractivity contribution in [3.05, 3.63) is 29.8 Å². The molecule has 146 valence electrons. The van der Waals surface area contributed by atoms with Crippen molar-refractivity contribution in [1.82, 2.24) is 10.6 Å². The lowest BCUT2D eigenvalue weighted by molar-refractivity contribution is 0.122. The Kier molecular flexibility index (Phi) is 9.92. The van der Waals surface area contributed by atoms with E-state index in [0.717, 1.165) is 50.6 Å². The molecule has 5 nitrogen and oxygen atoms in total. The van der Waals surface area contributed by atoms with Gasteiger partial charge in [0.25, 0.3) is 0 Å². The van der Waals surface area contributed by atoms with E-state index in [-0.39, 0.29) is 24.0 Å². The minimum atomic E-state index is 0. The summed E-state index contributed by atoms with van der Waals surface area (Å²) in [6.45, 7) is 8.31. The number of hydrogen-bond donors (Lipinski definition) is 2. The van der Waals surface area contributed by atoms with Gasteiger partial charge in [0.1, 0.15) is 0 Å². The lowest BCUT2D eigenvalue weighted by atomic mass is 10.2. The van der Waals surface area contributed by atoms with Gasteiger partial charge in [0, 0.05) is 37.1 Å². The predicted molar refractivity (Wildman–Crippen MR) is 123 cm³/mol. The van der Waals surface area contributed by atoms with Gasteiger partial charge in [0.15, 0.2) is 5.96 Å². The Hall–Kier alpha value is -0.670. The molecule has 26 heavy (non-hydrogen) atoms. The Balaban J connectivity index is 0.00000243. The van der Waals surface area contributed by atoms with Crippen molar-refractivity contribution in [3.63, 3.8) is 0 Å². The molecule has 1 unspecified atom stereocenters. The van der Waals surface area contributed by atoms with Crippen molar-refractivity contribution in [2.75, 3.05) is 50.0 Å². The fraction of sp³-hybridized carbons (Fsp3) is 0.632. The molecule has 1 atom stereocenters. The Morgan fingerprint density at radius 1 is 1.23 bits per heavy atom. The number of thioether (sulfide) groups is 1. The second kappa shape index (κ2) is 11.9. The van der Waals surface area contributed by atoms with Crippen molar-refractivity contribution in [1.29, 1.82) is 0 Å². The van der Waals surface area contributed by atoms with E-state index in [2.05, 4.69) is 58.5 Å². The Bertz CT molecular complexity index is 543. The second-order valence-corrected chi connectivity index (χ2v) is 7.89. The van der Waals surface area contributed by atoms with Crippen LogP contribution < -0.4 is 15.5 Å². The monoisotopic (exact) mass is 490 g/mol. The van der Waals surface area contributed by atoms with Crippen LogP contribution in [0.15, 0.2) is 29.3 Å². The number of ether oxygens (including phenoxy) is 1. The standard InChI is InChI=1S/C19H30N4OS.HI/c1-2-20-19(22-15-18-4-3-13-25-18)21-14-16-5-7-17(8-6-16)23-9-11-24-12-10-23;/h5-8,18H,2-4,9-15H2,1H3,(H2,20,21,22);1H. The number of guanidine groups is 1. The molecule has 0 aliphatic carbocycles. The normalized spacial score (nSPS) is 20.6. The van der Waals surface area contributed by atoms with E-state index in [0.29, 0.717) is 6.54 Å². The molecule has 2 aliphatic rings. The molecule has 1 aromatic carbocycles. The lowest BCUT2D eigenvalue weighted by Crippen LogP contribution is -2.40. The minimum absolute atomic E-state index is 0. The zero-order valence-electron chi connectivity index (χ0n) is 15.6. The van der Waals surface area contributed by atoms with Gasteiger partial charge in [-0.25, -0.2) is 4.99 Å². The van der Waals surface area contributed by atoms with Crippen LogP contribution in [-0.4, -0.2) is 56.4 Å². The summed E-state index contributed by atoms with van der Waals surface area (Å²) in [5.74, 6) is 2.22. The first-order chi connectivity index (χ1) is 12.3. The maximum Gasteiger partial charge on any atom is 0.191 e. The number of hydrogen-bond acceptors (Lipinski definition) is 4. The number of rotatable bonds is 6. The molecule has 0 saturated carbocycles. The average Bonchev–Trinajstić information content (AvgIpc) is 3.19. The molecule has 2 fully saturated rings. The van der Waals surface area contributed by atoms with Crippen LogP contribution in [-0.2, 0) is 11.3 Å².